The van der Waals surface area contributed by atoms with E-state index in [4.69, 9.17) is 0 Å². The molecule has 0 saturated heterocycles. The van der Waals surface area contributed by atoms with Gasteiger partial charge in [0.2, 0.25) is 0 Å². The van der Waals surface area contributed by atoms with Gasteiger partial charge in [0.1, 0.15) is 0 Å². The fraction of sp³-hybridized carbons (Fsp3) is 0. The van der Waals surface area contributed by atoms with E-state index in [-0.39, 0.29) is 0 Å². The summed E-state index contributed by atoms with van der Waals surface area (Å²) in [4.78, 5) is 0. The van der Waals surface area contributed by atoms with Gasteiger partial charge in [-0.25, -0.2) is 0 Å². The predicted molar refractivity (Wildman–Crippen MR) is 184 cm³/mol. The fourth-order valence-corrected chi connectivity index (χ4v) is 6.80. The number of para-hydroxylation sites is 1. The van der Waals surface area contributed by atoms with Gasteiger partial charge >= 0.3 is 0 Å². The van der Waals surface area contributed by atoms with Crippen molar-refractivity contribution in [1.29, 1.82) is 0 Å². The molecule has 0 bridgehead atoms. The largest absolute Gasteiger partial charge is 0.309 e. The minimum Gasteiger partial charge on any atom is -0.309 e. The van der Waals surface area contributed by atoms with Gasteiger partial charge in [-0.15, -0.1) is 0 Å². The Hall–Kier alpha value is -5.66. The predicted octanol–water partition coefficient (Wildman–Crippen LogP) is 11.6. The summed E-state index contributed by atoms with van der Waals surface area (Å²) in [5.41, 5.74) is 8.59. The van der Waals surface area contributed by atoms with Crippen molar-refractivity contribution in [3.63, 3.8) is 0 Å². The van der Waals surface area contributed by atoms with Gasteiger partial charge in [0.05, 0.1) is 11.0 Å². The minimum absolute atomic E-state index is 1.18. The van der Waals surface area contributed by atoms with E-state index in [2.05, 4.69) is 168 Å². The number of fused-ring (bicyclic) bond motifs is 7. The Morgan fingerprint density at radius 2 is 0.907 bits per heavy atom. The highest BCUT2D eigenvalue weighted by molar-refractivity contribution is 6.22. The van der Waals surface area contributed by atoms with Crippen molar-refractivity contribution >= 4 is 54.1 Å². The molecule has 0 aliphatic carbocycles. The highest BCUT2D eigenvalue weighted by atomic mass is 15.0. The van der Waals surface area contributed by atoms with Gasteiger partial charge < -0.3 is 4.57 Å². The smallest absolute Gasteiger partial charge is 0.0547 e. The summed E-state index contributed by atoms with van der Waals surface area (Å²) in [6.45, 7) is 0. The summed E-state index contributed by atoms with van der Waals surface area (Å²) < 4.78 is 2.42. The first kappa shape index (κ1) is 24.0. The first-order chi connectivity index (χ1) is 21.3. The Labute approximate surface area is 249 Å². The Kier molecular flexibility index (Phi) is 5.27. The minimum atomic E-state index is 1.18. The van der Waals surface area contributed by atoms with Gasteiger partial charge in [0.25, 0.3) is 0 Å². The van der Waals surface area contributed by atoms with Crippen molar-refractivity contribution in [2.75, 3.05) is 0 Å². The third kappa shape index (κ3) is 3.86. The van der Waals surface area contributed by atoms with Crippen molar-refractivity contribution in [3.05, 3.63) is 164 Å². The van der Waals surface area contributed by atoms with Crippen LogP contribution in [0.25, 0.3) is 82.1 Å². The van der Waals surface area contributed by atoms with E-state index in [1.807, 2.05) is 0 Å². The van der Waals surface area contributed by atoms with E-state index < -0.39 is 0 Å². The quantitative estimate of drug-likeness (QED) is 0.208. The standard InChI is InChI=1S/C42H27N/c1-2-8-28(9-3-1)33-17-14-30-15-18-34(25-36(30)24-33)35-19-16-31-21-23-41-42(39(31)27-35)38-12-6-7-13-40(38)43(41)37-22-20-29-10-4-5-11-32(29)26-37/h1-27H. The van der Waals surface area contributed by atoms with Crippen molar-refractivity contribution in [3.8, 4) is 27.9 Å². The zero-order chi connectivity index (χ0) is 28.3. The van der Waals surface area contributed by atoms with Crippen LogP contribution in [0.4, 0.5) is 0 Å². The Balaban J connectivity index is 1.25. The average molecular weight is 546 g/mol. The second-order valence-corrected chi connectivity index (χ2v) is 11.4. The first-order valence-corrected chi connectivity index (χ1v) is 14.8. The second-order valence-electron chi connectivity index (χ2n) is 11.4. The van der Waals surface area contributed by atoms with E-state index in [9.17, 15) is 0 Å². The van der Waals surface area contributed by atoms with Gasteiger partial charge in [-0.2, -0.15) is 0 Å². The molecule has 0 fully saturated rings. The third-order valence-electron chi connectivity index (χ3n) is 8.93. The van der Waals surface area contributed by atoms with Crippen LogP contribution in [0.15, 0.2) is 164 Å². The molecule has 1 heteroatoms. The number of hydrogen-bond acceptors (Lipinski definition) is 0. The molecule has 9 aromatic rings. The van der Waals surface area contributed by atoms with Gasteiger partial charge in [-0.3, -0.25) is 0 Å². The summed E-state index contributed by atoms with van der Waals surface area (Å²) in [6, 6.07) is 59.9. The number of rotatable bonds is 3. The van der Waals surface area contributed by atoms with Crippen LogP contribution < -0.4 is 0 Å². The highest BCUT2D eigenvalue weighted by Crippen LogP contribution is 2.39. The molecule has 43 heavy (non-hydrogen) atoms. The first-order valence-electron chi connectivity index (χ1n) is 14.8. The van der Waals surface area contributed by atoms with Crippen LogP contribution in [0.5, 0.6) is 0 Å². The van der Waals surface area contributed by atoms with E-state index in [1.54, 1.807) is 0 Å². The lowest BCUT2D eigenvalue weighted by molar-refractivity contribution is 1.19. The fourth-order valence-electron chi connectivity index (χ4n) is 6.80. The summed E-state index contributed by atoms with van der Waals surface area (Å²) in [7, 11) is 0. The Morgan fingerprint density at radius 1 is 0.302 bits per heavy atom. The molecule has 8 aromatic carbocycles. The topological polar surface area (TPSA) is 4.93 Å². The van der Waals surface area contributed by atoms with Gasteiger partial charge in [-0.1, -0.05) is 121 Å². The molecule has 1 aromatic heterocycles. The van der Waals surface area contributed by atoms with Gasteiger partial charge in [-0.05, 0) is 97.0 Å². The number of aromatic nitrogens is 1. The zero-order valence-corrected chi connectivity index (χ0v) is 23.5. The van der Waals surface area contributed by atoms with Crippen LogP contribution in [0.2, 0.25) is 0 Å². The number of nitrogens with zero attached hydrogens (tertiary/aromatic N) is 1. The lowest BCUT2D eigenvalue weighted by atomic mass is 9.95. The summed E-state index contributed by atoms with van der Waals surface area (Å²) in [5.74, 6) is 0. The molecule has 0 saturated carbocycles. The van der Waals surface area contributed by atoms with Crippen LogP contribution in [0, 0.1) is 0 Å². The molecule has 200 valence electrons. The second kappa shape index (κ2) is 9.44. The van der Waals surface area contributed by atoms with E-state index >= 15 is 0 Å². The molecular formula is C42H27N. The molecule has 0 aliphatic heterocycles. The molecule has 0 unspecified atom stereocenters. The zero-order valence-electron chi connectivity index (χ0n) is 23.5. The monoisotopic (exact) mass is 545 g/mol. The third-order valence-corrected chi connectivity index (χ3v) is 8.93. The highest BCUT2D eigenvalue weighted by Gasteiger charge is 2.15. The number of hydrogen-bond donors (Lipinski definition) is 0. The summed E-state index contributed by atoms with van der Waals surface area (Å²) in [6.07, 6.45) is 0. The normalized spacial score (nSPS) is 11.7. The molecule has 0 spiro atoms. The Morgan fingerprint density at radius 3 is 1.74 bits per heavy atom. The number of benzene rings is 8. The van der Waals surface area contributed by atoms with Crippen molar-refractivity contribution in [1.82, 2.24) is 4.57 Å². The molecule has 0 N–H and O–H groups in total. The molecule has 0 aliphatic rings. The molecule has 0 radical (unpaired) electrons. The van der Waals surface area contributed by atoms with Crippen molar-refractivity contribution in [2.24, 2.45) is 0 Å². The maximum absolute atomic E-state index is 2.42. The van der Waals surface area contributed by atoms with E-state index in [0.29, 0.717) is 0 Å². The van der Waals surface area contributed by atoms with Crippen molar-refractivity contribution < 1.29 is 0 Å². The lowest BCUT2D eigenvalue weighted by Gasteiger charge is -2.11. The maximum atomic E-state index is 2.42. The lowest BCUT2D eigenvalue weighted by Crippen LogP contribution is -1.93. The van der Waals surface area contributed by atoms with Crippen LogP contribution in [0.3, 0.4) is 0 Å². The van der Waals surface area contributed by atoms with Gasteiger partial charge in [0, 0.05) is 16.5 Å². The summed E-state index contributed by atoms with van der Waals surface area (Å²) >= 11 is 0. The molecule has 1 nitrogen and oxygen atoms in total. The molecule has 1 heterocycles. The Bertz CT molecular complexity index is 2500. The van der Waals surface area contributed by atoms with Crippen molar-refractivity contribution in [2.45, 2.75) is 0 Å². The molecular weight excluding hydrogens is 518 g/mol. The van der Waals surface area contributed by atoms with E-state index in [1.165, 1.54) is 82.1 Å². The van der Waals surface area contributed by atoms with Crippen LogP contribution >= 0.6 is 0 Å². The maximum Gasteiger partial charge on any atom is 0.0547 e. The molecule has 0 amide bonds. The molecule has 0 atom stereocenters. The summed E-state index contributed by atoms with van der Waals surface area (Å²) in [5, 5.41) is 10.1. The SMILES string of the molecule is c1ccc(-c2ccc3ccc(-c4ccc5ccc6c(c5c4)c4ccccc4n6-c4ccc5ccccc5c4)cc3c2)cc1. The van der Waals surface area contributed by atoms with Crippen LogP contribution in [-0.2, 0) is 0 Å². The van der Waals surface area contributed by atoms with E-state index in [0.717, 1.165) is 0 Å². The van der Waals surface area contributed by atoms with Crippen LogP contribution in [-0.4, -0.2) is 4.57 Å². The average Bonchev–Trinajstić information content (AvgIpc) is 3.42. The van der Waals surface area contributed by atoms with Gasteiger partial charge in [0.15, 0.2) is 0 Å². The van der Waals surface area contributed by atoms with Crippen LogP contribution in [0.1, 0.15) is 0 Å². The molecule has 9 rings (SSSR count).